The first kappa shape index (κ1) is 15.3. The van der Waals surface area contributed by atoms with Gasteiger partial charge in [-0.05, 0) is 37.6 Å². The fourth-order valence-corrected chi connectivity index (χ4v) is 2.55. The summed E-state index contributed by atoms with van der Waals surface area (Å²) in [5, 5.41) is 3.64. The van der Waals surface area contributed by atoms with Gasteiger partial charge in [-0.2, -0.15) is 0 Å². The minimum Gasteiger partial charge on any atom is -0.376 e. The number of ether oxygens (including phenoxy) is 1. The molecular weight excluding hydrogens is 276 g/mol. The summed E-state index contributed by atoms with van der Waals surface area (Å²) < 4.78 is 5.47. The van der Waals surface area contributed by atoms with Gasteiger partial charge in [0.05, 0.1) is 12.6 Å². The molecule has 110 valence electrons. The highest BCUT2D eigenvalue weighted by Gasteiger charge is 2.16. The SMILES string of the molecule is CN(CC(=O)NCC1CCCO1)Cc1cccc(Cl)c1. The molecule has 2 rings (SSSR count). The molecule has 1 aromatic rings. The second-order valence-corrected chi connectivity index (χ2v) is 5.68. The van der Waals surface area contributed by atoms with Crippen LogP contribution in [0.5, 0.6) is 0 Å². The van der Waals surface area contributed by atoms with Gasteiger partial charge in [0.2, 0.25) is 5.91 Å². The van der Waals surface area contributed by atoms with Crippen molar-refractivity contribution in [1.29, 1.82) is 0 Å². The molecule has 1 fully saturated rings. The quantitative estimate of drug-likeness (QED) is 0.874. The summed E-state index contributed by atoms with van der Waals surface area (Å²) in [5.74, 6) is 0.0324. The lowest BCUT2D eigenvalue weighted by Crippen LogP contribution is -2.38. The number of nitrogens with zero attached hydrogens (tertiary/aromatic N) is 1. The maximum absolute atomic E-state index is 11.8. The number of benzene rings is 1. The summed E-state index contributed by atoms with van der Waals surface area (Å²) in [6.07, 6.45) is 2.32. The van der Waals surface area contributed by atoms with Crippen LogP contribution >= 0.6 is 11.6 Å². The molecule has 0 spiro atoms. The smallest absolute Gasteiger partial charge is 0.234 e. The van der Waals surface area contributed by atoms with Crippen LogP contribution in [-0.4, -0.2) is 43.7 Å². The van der Waals surface area contributed by atoms with Gasteiger partial charge < -0.3 is 10.1 Å². The van der Waals surface area contributed by atoms with Gasteiger partial charge in [0, 0.05) is 24.7 Å². The average molecular weight is 297 g/mol. The zero-order chi connectivity index (χ0) is 14.4. The Morgan fingerprint density at radius 3 is 3.10 bits per heavy atom. The highest BCUT2D eigenvalue weighted by Crippen LogP contribution is 2.12. The van der Waals surface area contributed by atoms with Gasteiger partial charge >= 0.3 is 0 Å². The number of halogens is 1. The average Bonchev–Trinajstić information content (AvgIpc) is 2.89. The van der Waals surface area contributed by atoms with Gasteiger partial charge in [0.1, 0.15) is 0 Å². The van der Waals surface area contributed by atoms with Crippen molar-refractivity contribution < 1.29 is 9.53 Å². The second-order valence-electron chi connectivity index (χ2n) is 5.24. The number of hydrogen-bond acceptors (Lipinski definition) is 3. The fraction of sp³-hybridized carbons (Fsp3) is 0.533. The van der Waals surface area contributed by atoms with Crippen molar-refractivity contribution in [1.82, 2.24) is 10.2 Å². The highest BCUT2D eigenvalue weighted by molar-refractivity contribution is 6.30. The Morgan fingerprint density at radius 2 is 2.40 bits per heavy atom. The van der Waals surface area contributed by atoms with E-state index in [0.29, 0.717) is 19.6 Å². The summed E-state index contributed by atoms with van der Waals surface area (Å²) in [5.41, 5.74) is 1.10. The van der Waals surface area contributed by atoms with Crippen LogP contribution in [0.15, 0.2) is 24.3 Å². The highest BCUT2D eigenvalue weighted by atomic mass is 35.5. The van der Waals surface area contributed by atoms with E-state index in [4.69, 9.17) is 16.3 Å². The van der Waals surface area contributed by atoms with E-state index < -0.39 is 0 Å². The second kappa shape index (κ2) is 7.62. The molecule has 20 heavy (non-hydrogen) atoms. The Bertz CT molecular complexity index is 447. The number of rotatable bonds is 6. The first-order chi connectivity index (χ1) is 9.63. The van der Waals surface area contributed by atoms with E-state index >= 15 is 0 Å². The van der Waals surface area contributed by atoms with Crippen LogP contribution in [0, 0.1) is 0 Å². The third-order valence-corrected chi connectivity index (χ3v) is 3.54. The van der Waals surface area contributed by atoms with Gasteiger partial charge in [-0.25, -0.2) is 0 Å². The molecule has 5 heteroatoms. The Balaban J connectivity index is 1.70. The molecule has 1 aromatic carbocycles. The number of hydrogen-bond donors (Lipinski definition) is 1. The van der Waals surface area contributed by atoms with E-state index in [1.54, 1.807) is 0 Å². The van der Waals surface area contributed by atoms with E-state index in [-0.39, 0.29) is 12.0 Å². The van der Waals surface area contributed by atoms with E-state index in [1.807, 2.05) is 36.2 Å². The fourth-order valence-electron chi connectivity index (χ4n) is 2.34. The number of amides is 1. The van der Waals surface area contributed by atoms with E-state index in [2.05, 4.69) is 5.32 Å². The van der Waals surface area contributed by atoms with Crippen molar-refractivity contribution in [2.45, 2.75) is 25.5 Å². The lowest BCUT2D eigenvalue weighted by atomic mass is 10.2. The molecule has 1 saturated heterocycles. The molecule has 1 atom stereocenters. The summed E-state index contributed by atoms with van der Waals surface area (Å²) in [4.78, 5) is 13.8. The van der Waals surface area contributed by atoms with Crippen molar-refractivity contribution in [3.8, 4) is 0 Å². The van der Waals surface area contributed by atoms with Crippen molar-refractivity contribution in [3.05, 3.63) is 34.9 Å². The van der Waals surface area contributed by atoms with E-state index in [9.17, 15) is 4.79 Å². The number of carbonyl (C=O) groups excluding carboxylic acids is 1. The monoisotopic (exact) mass is 296 g/mol. The molecule has 0 aliphatic carbocycles. The summed E-state index contributed by atoms with van der Waals surface area (Å²) in [6, 6.07) is 7.69. The van der Waals surface area contributed by atoms with Gasteiger partial charge in [-0.3, -0.25) is 9.69 Å². The summed E-state index contributed by atoms with van der Waals surface area (Å²) in [6.45, 7) is 2.51. The topological polar surface area (TPSA) is 41.6 Å². The third-order valence-electron chi connectivity index (χ3n) is 3.31. The van der Waals surface area contributed by atoms with Crippen LogP contribution < -0.4 is 5.32 Å². The predicted molar refractivity (Wildman–Crippen MR) is 79.8 cm³/mol. The van der Waals surface area contributed by atoms with E-state index in [0.717, 1.165) is 30.0 Å². The van der Waals surface area contributed by atoms with Gasteiger partial charge in [0.25, 0.3) is 0 Å². The molecule has 0 saturated carbocycles. The lowest BCUT2D eigenvalue weighted by Gasteiger charge is -2.17. The number of nitrogens with one attached hydrogen (secondary N) is 1. The lowest BCUT2D eigenvalue weighted by molar-refractivity contribution is -0.122. The minimum atomic E-state index is 0.0324. The van der Waals surface area contributed by atoms with Crippen LogP contribution in [0.2, 0.25) is 5.02 Å². The van der Waals surface area contributed by atoms with Gasteiger partial charge in [-0.15, -0.1) is 0 Å². The molecular formula is C15H21ClN2O2. The molecule has 1 aliphatic heterocycles. The zero-order valence-corrected chi connectivity index (χ0v) is 12.5. The van der Waals surface area contributed by atoms with Crippen LogP contribution in [0.3, 0.4) is 0 Å². The molecule has 1 heterocycles. The molecule has 0 radical (unpaired) electrons. The largest absolute Gasteiger partial charge is 0.376 e. The number of likely N-dealkylation sites (N-methyl/N-ethyl adjacent to an activating group) is 1. The molecule has 0 bridgehead atoms. The zero-order valence-electron chi connectivity index (χ0n) is 11.8. The molecule has 1 aliphatic rings. The Morgan fingerprint density at radius 1 is 1.55 bits per heavy atom. The Hall–Kier alpha value is -1.10. The minimum absolute atomic E-state index is 0.0324. The van der Waals surface area contributed by atoms with Crippen molar-refractivity contribution >= 4 is 17.5 Å². The molecule has 4 nitrogen and oxygen atoms in total. The third kappa shape index (κ3) is 5.12. The number of carbonyl (C=O) groups is 1. The standard InChI is InChI=1S/C15H21ClN2O2/c1-18(10-12-4-2-5-13(16)8-12)11-15(19)17-9-14-6-3-7-20-14/h2,4-5,8,14H,3,6-7,9-11H2,1H3,(H,17,19). The maximum atomic E-state index is 11.8. The van der Waals surface area contributed by atoms with Crippen molar-refractivity contribution in [3.63, 3.8) is 0 Å². The Kier molecular flexibility index (Phi) is 5.83. The Labute approximate surface area is 125 Å². The molecule has 0 aromatic heterocycles. The van der Waals surface area contributed by atoms with Crippen LogP contribution in [-0.2, 0) is 16.1 Å². The van der Waals surface area contributed by atoms with E-state index in [1.165, 1.54) is 0 Å². The van der Waals surface area contributed by atoms with Crippen LogP contribution in [0.4, 0.5) is 0 Å². The first-order valence-electron chi connectivity index (χ1n) is 6.95. The van der Waals surface area contributed by atoms with Gasteiger partial charge in [-0.1, -0.05) is 23.7 Å². The predicted octanol–water partition coefficient (Wildman–Crippen LogP) is 2.07. The van der Waals surface area contributed by atoms with Crippen molar-refractivity contribution in [2.24, 2.45) is 0 Å². The van der Waals surface area contributed by atoms with Crippen molar-refractivity contribution in [2.75, 3.05) is 26.7 Å². The van der Waals surface area contributed by atoms with Crippen LogP contribution in [0.25, 0.3) is 0 Å². The van der Waals surface area contributed by atoms with Gasteiger partial charge in [0.15, 0.2) is 0 Å². The first-order valence-corrected chi connectivity index (χ1v) is 7.32. The molecule has 1 unspecified atom stereocenters. The normalized spacial score (nSPS) is 18.4. The maximum Gasteiger partial charge on any atom is 0.234 e. The van der Waals surface area contributed by atoms with Crippen LogP contribution in [0.1, 0.15) is 18.4 Å². The molecule has 1 N–H and O–H groups in total. The molecule has 1 amide bonds. The summed E-state index contributed by atoms with van der Waals surface area (Å²) in [7, 11) is 1.92. The summed E-state index contributed by atoms with van der Waals surface area (Å²) >= 11 is 5.94.